The monoisotopic (exact) mass is 402 g/mol. The van der Waals surface area contributed by atoms with Gasteiger partial charge in [0.05, 0.1) is 17.3 Å². The molecule has 0 fully saturated rings. The highest BCUT2D eigenvalue weighted by Gasteiger charge is 2.17. The number of amides is 1. The van der Waals surface area contributed by atoms with E-state index in [0.717, 1.165) is 24.1 Å². The molecule has 0 aliphatic rings. The van der Waals surface area contributed by atoms with Crippen molar-refractivity contribution in [3.63, 3.8) is 0 Å². The first-order valence-electron chi connectivity index (χ1n) is 10.1. The Labute approximate surface area is 177 Å². The van der Waals surface area contributed by atoms with Crippen LogP contribution in [0.4, 0.5) is 11.4 Å². The molecule has 3 rings (SSSR count). The number of rotatable bonds is 9. The van der Waals surface area contributed by atoms with E-state index in [1.54, 1.807) is 18.2 Å². The van der Waals surface area contributed by atoms with Gasteiger partial charge in [0.15, 0.2) is 6.61 Å². The van der Waals surface area contributed by atoms with Gasteiger partial charge < -0.3 is 15.4 Å². The van der Waals surface area contributed by atoms with Crippen LogP contribution in [0.3, 0.4) is 0 Å². The van der Waals surface area contributed by atoms with Crippen molar-refractivity contribution in [3.05, 3.63) is 96.1 Å². The smallest absolute Gasteiger partial charge is 0.340 e. The summed E-state index contributed by atoms with van der Waals surface area (Å²) in [7, 11) is 0. The van der Waals surface area contributed by atoms with Crippen molar-refractivity contribution in [3.8, 4) is 0 Å². The molecule has 5 heteroatoms. The van der Waals surface area contributed by atoms with Crippen molar-refractivity contribution >= 4 is 23.3 Å². The van der Waals surface area contributed by atoms with Crippen LogP contribution in [0.15, 0.2) is 84.9 Å². The van der Waals surface area contributed by atoms with Crippen molar-refractivity contribution in [2.45, 2.75) is 25.8 Å². The second-order valence-corrected chi connectivity index (χ2v) is 6.93. The van der Waals surface area contributed by atoms with Gasteiger partial charge >= 0.3 is 5.97 Å². The molecule has 0 bridgehead atoms. The van der Waals surface area contributed by atoms with Crippen molar-refractivity contribution < 1.29 is 14.3 Å². The van der Waals surface area contributed by atoms with E-state index in [4.69, 9.17) is 4.74 Å². The van der Waals surface area contributed by atoms with E-state index in [0.29, 0.717) is 11.3 Å². The Kier molecular flexibility index (Phi) is 7.61. The summed E-state index contributed by atoms with van der Waals surface area (Å²) in [6, 6.07) is 26.3. The number of hydrogen-bond acceptors (Lipinski definition) is 4. The van der Waals surface area contributed by atoms with E-state index in [1.165, 1.54) is 0 Å². The highest BCUT2D eigenvalue weighted by Crippen LogP contribution is 2.22. The van der Waals surface area contributed by atoms with E-state index in [9.17, 15) is 9.59 Å². The number of esters is 1. The predicted molar refractivity (Wildman–Crippen MR) is 119 cm³/mol. The lowest BCUT2D eigenvalue weighted by atomic mass is 10.0. The van der Waals surface area contributed by atoms with Gasteiger partial charge in [0, 0.05) is 5.69 Å². The molecule has 0 heterocycles. The second-order valence-electron chi connectivity index (χ2n) is 6.93. The summed E-state index contributed by atoms with van der Waals surface area (Å²) in [5.74, 6) is -0.866. The average molecular weight is 402 g/mol. The summed E-state index contributed by atoms with van der Waals surface area (Å²) in [5.41, 5.74) is 2.90. The van der Waals surface area contributed by atoms with Crippen LogP contribution in [0, 0.1) is 0 Å². The van der Waals surface area contributed by atoms with E-state index in [-0.39, 0.29) is 18.6 Å². The third kappa shape index (κ3) is 5.95. The molecule has 3 aromatic carbocycles. The SMILES string of the molecule is CCC[C@H](NC(=O)COC(=O)c1ccccc1Nc1ccccc1)c1ccccc1. The molecule has 0 unspecified atom stereocenters. The molecule has 0 saturated carbocycles. The van der Waals surface area contributed by atoms with Gasteiger partial charge in [-0.3, -0.25) is 4.79 Å². The largest absolute Gasteiger partial charge is 0.452 e. The van der Waals surface area contributed by atoms with Gasteiger partial charge in [-0.15, -0.1) is 0 Å². The lowest BCUT2D eigenvalue weighted by molar-refractivity contribution is -0.125. The molecule has 1 amide bonds. The van der Waals surface area contributed by atoms with Gasteiger partial charge in [-0.25, -0.2) is 4.79 Å². The molecule has 1 atom stereocenters. The van der Waals surface area contributed by atoms with Crippen LogP contribution in [-0.4, -0.2) is 18.5 Å². The highest BCUT2D eigenvalue weighted by atomic mass is 16.5. The van der Waals surface area contributed by atoms with Crippen LogP contribution in [0.2, 0.25) is 0 Å². The molecule has 0 aliphatic heterocycles. The van der Waals surface area contributed by atoms with Gasteiger partial charge in [-0.1, -0.05) is 74.0 Å². The molecule has 154 valence electrons. The first-order valence-corrected chi connectivity index (χ1v) is 10.1. The summed E-state index contributed by atoms with van der Waals surface area (Å²) in [5, 5.41) is 6.17. The van der Waals surface area contributed by atoms with E-state index in [2.05, 4.69) is 17.6 Å². The highest BCUT2D eigenvalue weighted by molar-refractivity contribution is 5.97. The molecular weight excluding hydrogens is 376 g/mol. The van der Waals surface area contributed by atoms with Gasteiger partial charge in [0.25, 0.3) is 5.91 Å². The van der Waals surface area contributed by atoms with Crippen LogP contribution < -0.4 is 10.6 Å². The maximum absolute atomic E-state index is 12.6. The van der Waals surface area contributed by atoms with Gasteiger partial charge in [-0.05, 0) is 36.2 Å². The third-order valence-corrected chi connectivity index (χ3v) is 4.65. The van der Waals surface area contributed by atoms with E-state index < -0.39 is 5.97 Å². The molecule has 2 N–H and O–H groups in total. The van der Waals surface area contributed by atoms with Crippen LogP contribution >= 0.6 is 0 Å². The second kappa shape index (κ2) is 10.8. The normalized spacial score (nSPS) is 11.4. The fourth-order valence-electron chi connectivity index (χ4n) is 3.19. The topological polar surface area (TPSA) is 67.4 Å². The maximum atomic E-state index is 12.6. The minimum atomic E-state index is -0.545. The minimum absolute atomic E-state index is 0.102. The number of carbonyl (C=O) groups excluding carboxylic acids is 2. The Morgan fingerprint density at radius 1 is 0.867 bits per heavy atom. The van der Waals surface area contributed by atoms with Crippen molar-refractivity contribution in [1.29, 1.82) is 0 Å². The van der Waals surface area contributed by atoms with Crippen LogP contribution in [0.5, 0.6) is 0 Å². The Morgan fingerprint density at radius 2 is 1.50 bits per heavy atom. The molecule has 3 aromatic rings. The lowest BCUT2D eigenvalue weighted by Gasteiger charge is -2.18. The molecule has 0 saturated heterocycles. The number of para-hydroxylation sites is 2. The zero-order valence-corrected chi connectivity index (χ0v) is 17.0. The first kappa shape index (κ1) is 21.1. The summed E-state index contributed by atoms with van der Waals surface area (Å²) in [6.45, 7) is 1.74. The first-order chi connectivity index (χ1) is 14.7. The fourth-order valence-corrected chi connectivity index (χ4v) is 3.19. The van der Waals surface area contributed by atoms with Crippen molar-refractivity contribution in [2.75, 3.05) is 11.9 Å². The summed E-state index contributed by atoms with van der Waals surface area (Å²) in [6.07, 6.45) is 1.74. The standard InChI is InChI=1S/C25H26N2O3/c1-2-11-22(19-12-5-3-6-13-19)27-24(28)18-30-25(29)21-16-9-10-17-23(21)26-20-14-7-4-8-15-20/h3-10,12-17,22,26H,2,11,18H2,1H3,(H,27,28)/t22-/m0/s1. The zero-order valence-electron chi connectivity index (χ0n) is 17.0. The number of benzene rings is 3. The minimum Gasteiger partial charge on any atom is -0.452 e. The Balaban J connectivity index is 1.60. The Morgan fingerprint density at radius 3 is 2.20 bits per heavy atom. The predicted octanol–water partition coefficient (Wildman–Crippen LogP) is 5.24. The molecule has 0 radical (unpaired) electrons. The van der Waals surface area contributed by atoms with Crippen LogP contribution in [0.25, 0.3) is 0 Å². The molecule has 30 heavy (non-hydrogen) atoms. The van der Waals surface area contributed by atoms with Crippen molar-refractivity contribution in [2.24, 2.45) is 0 Å². The number of hydrogen-bond donors (Lipinski definition) is 2. The Bertz CT molecular complexity index is 958. The van der Waals surface area contributed by atoms with Crippen LogP contribution in [0.1, 0.15) is 41.7 Å². The van der Waals surface area contributed by atoms with E-state index >= 15 is 0 Å². The maximum Gasteiger partial charge on any atom is 0.340 e. The van der Waals surface area contributed by atoms with Gasteiger partial charge in [-0.2, -0.15) is 0 Å². The Hall–Kier alpha value is -3.60. The molecule has 5 nitrogen and oxygen atoms in total. The summed E-state index contributed by atoms with van der Waals surface area (Å²) < 4.78 is 5.29. The van der Waals surface area contributed by atoms with E-state index in [1.807, 2.05) is 66.7 Å². The molecular formula is C25H26N2O3. The van der Waals surface area contributed by atoms with Gasteiger partial charge in [0.2, 0.25) is 0 Å². The average Bonchev–Trinajstić information content (AvgIpc) is 2.79. The molecule has 0 aromatic heterocycles. The number of carbonyl (C=O) groups is 2. The zero-order chi connectivity index (χ0) is 21.2. The number of anilines is 2. The van der Waals surface area contributed by atoms with Crippen molar-refractivity contribution in [1.82, 2.24) is 5.32 Å². The summed E-state index contributed by atoms with van der Waals surface area (Å²) >= 11 is 0. The number of nitrogens with one attached hydrogen (secondary N) is 2. The van der Waals surface area contributed by atoms with Gasteiger partial charge in [0.1, 0.15) is 0 Å². The van der Waals surface area contributed by atoms with Crippen LogP contribution in [-0.2, 0) is 9.53 Å². The quantitative estimate of drug-likeness (QED) is 0.480. The number of ether oxygens (including phenoxy) is 1. The lowest BCUT2D eigenvalue weighted by Crippen LogP contribution is -2.32. The third-order valence-electron chi connectivity index (χ3n) is 4.65. The molecule has 0 spiro atoms. The fraction of sp³-hybridized carbons (Fsp3) is 0.200. The summed E-state index contributed by atoms with van der Waals surface area (Å²) in [4.78, 5) is 25.0. The molecule has 0 aliphatic carbocycles.